The average molecular weight is 252 g/mol. The summed E-state index contributed by atoms with van der Waals surface area (Å²) in [5.74, 6) is 1.04. The van der Waals surface area contributed by atoms with Crippen LogP contribution in [0.4, 0.5) is 0 Å². The van der Waals surface area contributed by atoms with Crippen molar-refractivity contribution in [3.63, 3.8) is 0 Å². The van der Waals surface area contributed by atoms with Gasteiger partial charge < -0.3 is 10.3 Å². The van der Waals surface area contributed by atoms with Gasteiger partial charge in [0.2, 0.25) is 5.89 Å². The molecule has 1 heterocycles. The molecular weight excluding hydrogens is 238 g/mol. The lowest BCUT2D eigenvalue weighted by atomic mass is 9.93. The van der Waals surface area contributed by atoms with Crippen molar-refractivity contribution in [3.8, 4) is 0 Å². The third-order valence-corrected chi connectivity index (χ3v) is 2.77. The molecule has 0 aliphatic carbocycles. The zero-order valence-corrected chi connectivity index (χ0v) is 10.5. The molecule has 1 unspecified atom stereocenters. The Morgan fingerprint density at radius 1 is 1.35 bits per heavy atom. The average Bonchev–Trinajstić information content (AvgIpc) is 2.69. The molecule has 0 amide bonds. The van der Waals surface area contributed by atoms with Crippen LogP contribution in [0, 0.1) is 6.92 Å². The van der Waals surface area contributed by atoms with Gasteiger partial charge in [-0.05, 0) is 31.0 Å². The van der Waals surface area contributed by atoms with Crippen LogP contribution in [0.2, 0.25) is 5.02 Å². The van der Waals surface area contributed by atoms with E-state index in [0.717, 1.165) is 5.56 Å². The van der Waals surface area contributed by atoms with Gasteiger partial charge >= 0.3 is 0 Å². The maximum atomic E-state index is 6.20. The summed E-state index contributed by atoms with van der Waals surface area (Å²) in [6.07, 6.45) is 0.628. The van der Waals surface area contributed by atoms with Crippen molar-refractivity contribution in [2.45, 2.75) is 25.8 Å². The number of hydrogen-bond acceptors (Lipinski definition) is 4. The second-order valence-electron chi connectivity index (χ2n) is 4.36. The van der Waals surface area contributed by atoms with Crippen LogP contribution < -0.4 is 5.73 Å². The summed E-state index contributed by atoms with van der Waals surface area (Å²) in [6.45, 7) is 3.63. The fourth-order valence-corrected chi connectivity index (χ4v) is 1.76. The zero-order chi connectivity index (χ0) is 12.5. The Kier molecular flexibility index (Phi) is 3.17. The third-order valence-electron chi connectivity index (χ3n) is 2.52. The van der Waals surface area contributed by atoms with E-state index in [1.807, 2.05) is 31.2 Å². The van der Waals surface area contributed by atoms with Crippen molar-refractivity contribution in [1.82, 2.24) is 10.1 Å². The highest BCUT2D eigenvalue weighted by Crippen LogP contribution is 2.21. The van der Waals surface area contributed by atoms with E-state index in [9.17, 15) is 0 Å². The van der Waals surface area contributed by atoms with Gasteiger partial charge in [0, 0.05) is 11.9 Å². The Bertz CT molecular complexity index is 505. The first kappa shape index (κ1) is 12.1. The maximum absolute atomic E-state index is 6.20. The molecule has 1 aromatic carbocycles. The number of benzene rings is 1. The fraction of sp³-hybridized carbons (Fsp3) is 0.333. The van der Waals surface area contributed by atoms with Gasteiger partial charge in [0.1, 0.15) is 0 Å². The quantitative estimate of drug-likeness (QED) is 0.910. The van der Waals surface area contributed by atoms with E-state index in [-0.39, 0.29) is 0 Å². The topological polar surface area (TPSA) is 64.9 Å². The number of aromatic nitrogens is 2. The Hall–Kier alpha value is -1.39. The molecular formula is C12H14ClN3O. The normalized spacial score (nSPS) is 14.6. The highest BCUT2D eigenvalue weighted by Gasteiger charge is 2.27. The summed E-state index contributed by atoms with van der Waals surface area (Å²) in [5, 5.41) is 4.57. The second kappa shape index (κ2) is 4.47. The molecule has 0 spiro atoms. The molecule has 0 radical (unpaired) electrons. The lowest BCUT2D eigenvalue weighted by molar-refractivity contribution is 0.363. The number of hydrogen-bond donors (Lipinski definition) is 1. The summed E-state index contributed by atoms with van der Waals surface area (Å²) in [5.41, 5.74) is 6.64. The van der Waals surface area contributed by atoms with E-state index in [1.54, 1.807) is 6.92 Å². The monoisotopic (exact) mass is 251 g/mol. The van der Waals surface area contributed by atoms with Crippen molar-refractivity contribution in [3.05, 3.63) is 46.6 Å². The van der Waals surface area contributed by atoms with Crippen LogP contribution >= 0.6 is 11.6 Å². The highest BCUT2D eigenvalue weighted by atomic mass is 35.5. The van der Waals surface area contributed by atoms with Crippen LogP contribution in [0.5, 0.6) is 0 Å². The molecule has 90 valence electrons. The molecule has 4 nitrogen and oxygen atoms in total. The Balaban J connectivity index is 2.19. The first-order chi connectivity index (χ1) is 7.97. The first-order valence-electron chi connectivity index (χ1n) is 5.31. The van der Waals surface area contributed by atoms with Crippen LogP contribution in [-0.2, 0) is 12.0 Å². The van der Waals surface area contributed by atoms with Gasteiger partial charge in [-0.2, -0.15) is 4.98 Å². The van der Waals surface area contributed by atoms with E-state index in [2.05, 4.69) is 10.1 Å². The van der Waals surface area contributed by atoms with E-state index >= 15 is 0 Å². The van der Waals surface area contributed by atoms with E-state index < -0.39 is 5.54 Å². The number of nitrogens with zero attached hydrogens (tertiary/aromatic N) is 2. The molecule has 2 N–H and O–H groups in total. The summed E-state index contributed by atoms with van der Waals surface area (Å²) in [6, 6.07) is 7.57. The zero-order valence-electron chi connectivity index (χ0n) is 9.77. The van der Waals surface area contributed by atoms with Crippen molar-refractivity contribution in [1.29, 1.82) is 0 Å². The Morgan fingerprint density at radius 2 is 2.00 bits per heavy atom. The van der Waals surface area contributed by atoms with Gasteiger partial charge in [-0.15, -0.1) is 0 Å². The first-order valence-corrected chi connectivity index (χ1v) is 5.69. The molecule has 2 aromatic rings. The minimum absolute atomic E-state index is 0.518. The number of aryl methyl sites for hydroxylation is 1. The Morgan fingerprint density at radius 3 is 2.53 bits per heavy atom. The van der Waals surface area contributed by atoms with E-state index in [0.29, 0.717) is 23.2 Å². The van der Waals surface area contributed by atoms with Crippen molar-refractivity contribution in [2.75, 3.05) is 0 Å². The number of halogens is 1. The molecule has 1 atom stereocenters. The maximum Gasteiger partial charge on any atom is 0.223 e. The number of rotatable bonds is 3. The lowest BCUT2D eigenvalue weighted by Gasteiger charge is -2.20. The van der Waals surface area contributed by atoms with Crippen molar-refractivity contribution >= 4 is 11.6 Å². The Labute approximate surface area is 105 Å². The third kappa shape index (κ3) is 2.84. The largest absolute Gasteiger partial charge is 0.340 e. The summed E-state index contributed by atoms with van der Waals surface area (Å²) < 4.78 is 4.95. The van der Waals surface area contributed by atoms with Crippen LogP contribution in [0.1, 0.15) is 24.2 Å². The molecule has 17 heavy (non-hydrogen) atoms. The minimum atomic E-state index is -0.647. The van der Waals surface area contributed by atoms with E-state index in [1.165, 1.54) is 0 Å². The van der Waals surface area contributed by atoms with Crippen molar-refractivity contribution in [2.24, 2.45) is 5.73 Å². The SMILES string of the molecule is Cc1nc(C(C)(N)Cc2ccc(Cl)cc2)no1. The van der Waals surface area contributed by atoms with Crippen molar-refractivity contribution < 1.29 is 4.52 Å². The smallest absolute Gasteiger partial charge is 0.223 e. The summed E-state index contributed by atoms with van der Waals surface area (Å²) in [4.78, 5) is 4.17. The number of nitrogens with two attached hydrogens (primary N) is 1. The predicted molar refractivity (Wildman–Crippen MR) is 65.7 cm³/mol. The van der Waals surface area contributed by atoms with E-state index in [4.69, 9.17) is 21.9 Å². The highest BCUT2D eigenvalue weighted by molar-refractivity contribution is 6.30. The van der Waals surface area contributed by atoms with Gasteiger partial charge in [0.25, 0.3) is 0 Å². The standard InChI is InChI=1S/C12H14ClN3O/c1-8-15-11(16-17-8)12(2,14)7-9-3-5-10(13)6-4-9/h3-6H,7,14H2,1-2H3. The van der Waals surface area contributed by atoms with Crippen LogP contribution in [0.25, 0.3) is 0 Å². The molecule has 1 aromatic heterocycles. The van der Waals surface area contributed by atoms with Gasteiger partial charge in [-0.3, -0.25) is 0 Å². The molecule has 0 fully saturated rings. The molecule has 0 bridgehead atoms. The molecule has 0 saturated heterocycles. The van der Waals surface area contributed by atoms with Gasteiger partial charge in [0.15, 0.2) is 5.82 Å². The molecule has 0 aliphatic heterocycles. The summed E-state index contributed by atoms with van der Waals surface area (Å²) >= 11 is 5.83. The van der Waals surface area contributed by atoms with Gasteiger partial charge in [0.05, 0.1) is 5.54 Å². The molecule has 0 aliphatic rings. The minimum Gasteiger partial charge on any atom is -0.340 e. The molecule has 0 saturated carbocycles. The van der Waals surface area contributed by atoms with Crippen LogP contribution in [-0.4, -0.2) is 10.1 Å². The lowest BCUT2D eigenvalue weighted by Crippen LogP contribution is -2.36. The van der Waals surface area contributed by atoms with Crippen LogP contribution in [0.15, 0.2) is 28.8 Å². The van der Waals surface area contributed by atoms with Gasteiger partial charge in [-0.25, -0.2) is 0 Å². The second-order valence-corrected chi connectivity index (χ2v) is 4.79. The van der Waals surface area contributed by atoms with Gasteiger partial charge in [-0.1, -0.05) is 28.9 Å². The van der Waals surface area contributed by atoms with Crippen LogP contribution in [0.3, 0.4) is 0 Å². The fourth-order valence-electron chi connectivity index (χ4n) is 1.64. The molecule has 2 rings (SSSR count). The predicted octanol–water partition coefficient (Wildman–Crippen LogP) is 2.45. The summed E-state index contributed by atoms with van der Waals surface area (Å²) in [7, 11) is 0. The molecule has 5 heteroatoms.